The number of piperidine rings is 1. The minimum absolute atomic E-state index is 0.0641. The second kappa shape index (κ2) is 10.6. The molecule has 1 amide bonds. The van der Waals surface area contributed by atoms with E-state index in [1.54, 1.807) is 11.0 Å². The lowest BCUT2D eigenvalue weighted by Gasteiger charge is -2.28. The summed E-state index contributed by atoms with van der Waals surface area (Å²) in [6, 6.07) is 17.7. The van der Waals surface area contributed by atoms with Crippen molar-refractivity contribution in [2.75, 3.05) is 24.5 Å². The summed E-state index contributed by atoms with van der Waals surface area (Å²) < 4.78 is 6.82. The molecule has 35 heavy (non-hydrogen) atoms. The van der Waals surface area contributed by atoms with E-state index in [0.29, 0.717) is 33.2 Å². The van der Waals surface area contributed by atoms with Crippen LogP contribution in [0.1, 0.15) is 31.9 Å². The Hall–Kier alpha value is -2.48. The number of amides is 1. The third kappa shape index (κ3) is 5.37. The van der Waals surface area contributed by atoms with E-state index in [-0.39, 0.29) is 5.91 Å². The number of likely N-dealkylation sites (N-methyl/N-ethyl adjacent to an activating group) is 1. The summed E-state index contributed by atoms with van der Waals surface area (Å²) in [6.07, 6.45) is 5.59. The lowest BCUT2D eigenvalue weighted by atomic mass is 10.1. The highest BCUT2D eigenvalue weighted by Crippen LogP contribution is 2.36. The van der Waals surface area contributed by atoms with Gasteiger partial charge in [-0.2, -0.15) is 0 Å². The van der Waals surface area contributed by atoms with Crippen LogP contribution in [-0.2, 0) is 4.79 Å². The van der Waals surface area contributed by atoms with Crippen LogP contribution in [0.5, 0.6) is 0 Å². The summed E-state index contributed by atoms with van der Waals surface area (Å²) >= 11 is 11.0. The number of nitrogens with zero attached hydrogens (tertiary/aromatic N) is 3. The molecule has 2 aliphatic heterocycles. The molecule has 1 aromatic heterocycles. The molecule has 0 spiro atoms. The number of hydrogen-bond acceptors (Lipinski definition) is 5. The fourth-order valence-electron chi connectivity index (χ4n) is 4.23. The monoisotopic (exact) mass is 569 g/mol. The lowest BCUT2D eigenvalue weighted by molar-refractivity contribution is -0.122. The molecule has 0 N–H and O–H groups in total. The van der Waals surface area contributed by atoms with Crippen molar-refractivity contribution in [3.63, 3.8) is 0 Å². The highest BCUT2D eigenvalue weighted by molar-refractivity contribution is 9.10. The molecule has 2 aliphatic rings. The SMILES string of the molecule is CCN1C(=O)/C(=C/c2ccc(-c3ccc(Br)c(Cl)c3)o2)SC1=Nc1ccc(N2CCCCC2)cc1. The van der Waals surface area contributed by atoms with Crippen LogP contribution in [0.4, 0.5) is 11.4 Å². The van der Waals surface area contributed by atoms with Gasteiger partial charge < -0.3 is 9.32 Å². The van der Waals surface area contributed by atoms with Crippen molar-refractivity contribution in [3.05, 3.63) is 74.8 Å². The maximum absolute atomic E-state index is 13.0. The molecule has 0 bridgehead atoms. The van der Waals surface area contributed by atoms with Crippen molar-refractivity contribution >= 4 is 67.8 Å². The average molecular weight is 571 g/mol. The van der Waals surface area contributed by atoms with Crippen LogP contribution in [0.2, 0.25) is 5.02 Å². The van der Waals surface area contributed by atoms with E-state index in [9.17, 15) is 4.79 Å². The second-order valence-corrected chi connectivity index (χ2v) is 10.7. The number of carbonyl (C=O) groups is 1. The number of rotatable bonds is 5. The van der Waals surface area contributed by atoms with Crippen molar-refractivity contribution in [1.29, 1.82) is 0 Å². The molecule has 3 heterocycles. The van der Waals surface area contributed by atoms with E-state index in [1.807, 2.05) is 49.4 Å². The predicted molar refractivity (Wildman–Crippen MR) is 149 cm³/mol. The zero-order chi connectivity index (χ0) is 24.4. The Kier molecular flexibility index (Phi) is 7.37. The topological polar surface area (TPSA) is 49.1 Å². The highest BCUT2D eigenvalue weighted by Gasteiger charge is 2.32. The molecule has 0 aliphatic carbocycles. The van der Waals surface area contributed by atoms with Gasteiger partial charge in [0.2, 0.25) is 0 Å². The van der Waals surface area contributed by atoms with E-state index in [4.69, 9.17) is 21.0 Å². The van der Waals surface area contributed by atoms with Crippen LogP contribution < -0.4 is 4.90 Å². The van der Waals surface area contributed by atoms with E-state index in [1.165, 1.54) is 36.7 Å². The van der Waals surface area contributed by atoms with Crippen molar-refractivity contribution in [2.45, 2.75) is 26.2 Å². The number of anilines is 1. The largest absolute Gasteiger partial charge is 0.457 e. The van der Waals surface area contributed by atoms with Crippen LogP contribution >= 0.6 is 39.3 Å². The summed E-state index contributed by atoms with van der Waals surface area (Å²) in [7, 11) is 0. The molecule has 3 aromatic rings. The Bertz CT molecular complexity index is 1300. The maximum Gasteiger partial charge on any atom is 0.266 e. The van der Waals surface area contributed by atoms with Gasteiger partial charge in [-0.1, -0.05) is 17.7 Å². The van der Waals surface area contributed by atoms with Crippen LogP contribution in [0.25, 0.3) is 17.4 Å². The first kappa shape index (κ1) is 24.2. The molecule has 2 fully saturated rings. The van der Waals surface area contributed by atoms with E-state index in [0.717, 1.165) is 28.8 Å². The normalized spacial score (nSPS) is 18.8. The molecule has 5 rings (SSSR count). The smallest absolute Gasteiger partial charge is 0.266 e. The Morgan fingerprint density at radius 2 is 1.86 bits per heavy atom. The van der Waals surface area contributed by atoms with Crippen molar-refractivity contribution in [3.8, 4) is 11.3 Å². The molecule has 8 heteroatoms. The molecular weight excluding hydrogens is 546 g/mol. The number of thioether (sulfide) groups is 1. The van der Waals surface area contributed by atoms with Gasteiger partial charge in [0.25, 0.3) is 5.91 Å². The number of halogens is 2. The minimum atomic E-state index is -0.0641. The third-order valence-corrected chi connectivity index (χ3v) is 8.34. The fourth-order valence-corrected chi connectivity index (χ4v) is 5.70. The highest BCUT2D eigenvalue weighted by atomic mass is 79.9. The van der Waals surface area contributed by atoms with Crippen molar-refractivity contribution in [1.82, 2.24) is 4.90 Å². The predicted octanol–water partition coefficient (Wildman–Crippen LogP) is 7.98. The third-order valence-electron chi connectivity index (χ3n) is 6.10. The standard InChI is InChI=1S/C27H25BrClN3O2S/c1-2-32-26(33)25(17-21-11-13-24(34-21)18-6-12-22(28)23(29)16-18)35-27(32)30-19-7-9-20(10-8-19)31-14-4-3-5-15-31/h6-13,16-17H,2-5,14-15H2,1H3/b25-17-,30-27?. The molecular formula is C27H25BrClN3O2S. The van der Waals surface area contributed by atoms with Gasteiger partial charge in [0.15, 0.2) is 5.17 Å². The second-order valence-electron chi connectivity index (χ2n) is 8.45. The molecule has 2 aromatic carbocycles. The maximum atomic E-state index is 13.0. The first-order valence-corrected chi connectivity index (χ1v) is 13.7. The fraction of sp³-hybridized carbons (Fsp3) is 0.259. The molecule has 2 saturated heterocycles. The van der Waals surface area contributed by atoms with Gasteiger partial charge >= 0.3 is 0 Å². The van der Waals surface area contributed by atoms with Crippen LogP contribution in [0.15, 0.2) is 73.4 Å². The number of aliphatic imine (C=N–C) groups is 1. The first-order chi connectivity index (χ1) is 17.0. The van der Waals surface area contributed by atoms with E-state index in [2.05, 4.69) is 33.0 Å². The molecule has 0 saturated carbocycles. The van der Waals surface area contributed by atoms with Crippen LogP contribution in [0.3, 0.4) is 0 Å². The Morgan fingerprint density at radius 1 is 1.09 bits per heavy atom. The number of furan rings is 1. The lowest BCUT2D eigenvalue weighted by Crippen LogP contribution is -2.29. The van der Waals surface area contributed by atoms with Gasteiger partial charge in [0.1, 0.15) is 11.5 Å². The van der Waals surface area contributed by atoms with Gasteiger partial charge in [-0.05, 0) is 102 Å². The summed E-state index contributed by atoms with van der Waals surface area (Å²) in [6.45, 7) is 4.73. The first-order valence-electron chi connectivity index (χ1n) is 11.7. The number of benzene rings is 2. The van der Waals surface area contributed by atoms with E-state index < -0.39 is 0 Å². The summed E-state index contributed by atoms with van der Waals surface area (Å²) in [5, 5.41) is 1.30. The van der Waals surface area contributed by atoms with Crippen molar-refractivity contribution in [2.24, 2.45) is 4.99 Å². The zero-order valence-electron chi connectivity index (χ0n) is 19.3. The quantitative estimate of drug-likeness (QED) is 0.292. The number of hydrogen-bond donors (Lipinski definition) is 0. The summed E-state index contributed by atoms with van der Waals surface area (Å²) in [4.78, 5) is 22.5. The molecule has 0 atom stereocenters. The molecule has 180 valence electrons. The van der Waals surface area contributed by atoms with Crippen LogP contribution in [0, 0.1) is 0 Å². The van der Waals surface area contributed by atoms with E-state index >= 15 is 0 Å². The average Bonchev–Trinajstić information content (AvgIpc) is 3.46. The Morgan fingerprint density at radius 3 is 2.57 bits per heavy atom. The van der Waals surface area contributed by atoms with Gasteiger partial charge in [0.05, 0.1) is 15.6 Å². The zero-order valence-corrected chi connectivity index (χ0v) is 22.5. The summed E-state index contributed by atoms with van der Waals surface area (Å²) in [5.74, 6) is 1.24. The van der Waals surface area contributed by atoms with Gasteiger partial charge in [0, 0.05) is 41.4 Å². The minimum Gasteiger partial charge on any atom is -0.457 e. The van der Waals surface area contributed by atoms with Gasteiger partial charge in [-0.3, -0.25) is 9.69 Å². The number of amidine groups is 1. The summed E-state index contributed by atoms with van der Waals surface area (Å²) in [5.41, 5.74) is 2.95. The van der Waals surface area contributed by atoms with Crippen molar-refractivity contribution < 1.29 is 9.21 Å². The molecule has 0 radical (unpaired) electrons. The Balaban J connectivity index is 1.35. The Labute approximate surface area is 223 Å². The number of carbonyl (C=O) groups excluding carboxylic acids is 1. The molecule has 5 nitrogen and oxygen atoms in total. The van der Waals surface area contributed by atoms with Crippen LogP contribution in [-0.4, -0.2) is 35.6 Å². The molecule has 0 unspecified atom stereocenters. The van der Waals surface area contributed by atoms with Gasteiger partial charge in [-0.25, -0.2) is 4.99 Å². The van der Waals surface area contributed by atoms with Gasteiger partial charge in [-0.15, -0.1) is 0 Å².